The highest BCUT2D eigenvalue weighted by Gasteiger charge is 2.15. The van der Waals surface area contributed by atoms with Crippen LogP contribution in [0.15, 0.2) is 59.3 Å². The lowest BCUT2D eigenvalue weighted by Crippen LogP contribution is -2.23. The summed E-state index contributed by atoms with van der Waals surface area (Å²) >= 11 is 0. The van der Waals surface area contributed by atoms with Gasteiger partial charge in [-0.15, -0.1) is 10.2 Å². The van der Waals surface area contributed by atoms with Crippen molar-refractivity contribution in [2.45, 2.75) is 6.54 Å². The molecule has 0 spiro atoms. The van der Waals surface area contributed by atoms with Crippen LogP contribution in [0.3, 0.4) is 0 Å². The molecule has 0 radical (unpaired) electrons. The molecule has 21 heavy (non-hydrogen) atoms. The van der Waals surface area contributed by atoms with Gasteiger partial charge in [0, 0.05) is 24.5 Å². The Bertz CT molecular complexity index is 726. The molecule has 0 saturated carbocycles. The van der Waals surface area contributed by atoms with Crippen LogP contribution < -0.4 is 5.32 Å². The minimum Gasteiger partial charge on any atom is -0.412 e. The van der Waals surface area contributed by atoms with E-state index in [2.05, 4.69) is 20.5 Å². The van der Waals surface area contributed by atoms with Crippen molar-refractivity contribution in [3.05, 3.63) is 66.3 Å². The second-order valence-corrected chi connectivity index (χ2v) is 4.32. The Labute approximate surface area is 120 Å². The summed E-state index contributed by atoms with van der Waals surface area (Å²) in [7, 11) is 0. The Hall–Kier alpha value is -3.02. The first-order valence-corrected chi connectivity index (χ1v) is 6.39. The average molecular weight is 280 g/mol. The van der Waals surface area contributed by atoms with Gasteiger partial charge in [-0.05, 0) is 29.8 Å². The molecule has 2 heterocycles. The zero-order valence-electron chi connectivity index (χ0n) is 11.1. The zero-order chi connectivity index (χ0) is 14.5. The van der Waals surface area contributed by atoms with Gasteiger partial charge in [-0.2, -0.15) is 0 Å². The number of nitrogens with one attached hydrogen (secondary N) is 1. The third-order valence-corrected chi connectivity index (χ3v) is 2.84. The number of hydrogen-bond acceptors (Lipinski definition) is 5. The van der Waals surface area contributed by atoms with Gasteiger partial charge >= 0.3 is 11.8 Å². The van der Waals surface area contributed by atoms with E-state index in [1.807, 2.05) is 42.5 Å². The predicted octanol–water partition coefficient (Wildman–Crippen LogP) is 2.06. The molecule has 0 aliphatic rings. The fourth-order valence-electron chi connectivity index (χ4n) is 1.77. The molecular weight excluding hydrogens is 268 g/mol. The minimum atomic E-state index is -0.401. The van der Waals surface area contributed by atoms with E-state index in [0.717, 1.165) is 11.1 Å². The van der Waals surface area contributed by atoms with E-state index in [0.29, 0.717) is 12.4 Å². The fourth-order valence-corrected chi connectivity index (χ4v) is 1.77. The SMILES string of the molecule is O=C(NCc1ccncc1)c1nnc(-c2ccccc2)o1. The lowest BCUT2D eigenvalue weighted by Gasteiger charge is -2.01. The number of benzene rings is 1. The third-order valence-electron chi connectivity index (χ3n) is 2.84. The van der Waals surface area contributed by atoms with Gasteiger partial charge in [0.05, 0.1) is 0 Å². The van der Waals surface area contributed by atoms with Gasteiger partial charge in [-0.25, -0.2) is 0 Å². The Morgan fingerprint density at radius 2 is 1.81 bits per heavy atom. The largest absolute Gasteiger partial charge is 0.412 e. The molecule has 1 amide bonds. The summed E-state index contributed by atoms with van der Waals surface area (Å²) in [5.41, 5.74) is 1.72. The molecule has 0 aliphatic carbocycles. The van der Waals surface area contributed by atoms with Gasteiger partial charge in [-0.3, -0.25) is 9.78 Å². The van der Waals surface area contributed by atoms with Crippen molar-refractivity contribution in [2.75, 3.05) is 0 Å². The Morgan fingerprint density at radius 3 is 2.57 bits per heavy atom. The van der Waals surface area contributed by atoms with E-state index >= 15 is 0 Å². The number of carbonyl (C=O) groups excluding carboxylic acids is 1. The van der Waals surface area contributed by atoms with Crippen LogP contribution >= 0.6 is 0 Å². The highest BCUT2D eigenvalue weighted by molar-refractivity contribution is 5.89. The summed E-state index contributed by atoms with van der Waals surface area (Å²) in [5.74, 6) is -0.130. The number of amides is 1. The van der Waals surface area contributed by atoms with Crippen LogP contribution in [-0.4, -0.2) is 21.1 Å². The molecule has 3 rings (SSSR count). The molecular formula is C15H12N4O2. The van der Waals surface area contributed by atoms with Crippen molar-refractivity contribution in [1.29, 1.82) is 0 Å². The van der Waals surface area contributed by atoms with Gasteiger partial charge in [0.15, 0.2) is 0 Å². The number of nitrogens with zero attached hydrogens (tertiary/aromatic N) is 3. The molecule has 6 nitrogen and oxygen atoms in total. The second kappa shape index (κ2) is 5.96. The Morgan fingerprint density at radius 1 is 1.05 bits per heavy atom. The van der Waals surface area contributed by atoms with Crippen molar-refractivity contribution in [2.24, 2.45) is 0 Å². The maximum atomic E-state index is 11.9. The number of aromatic nitrogens is 3. The molecule has 104 valence electrons. The van der Waals surface area contributed by atoms with E-state index in [9.17, 15) is 4.79 Å². The van der Waals surface area contributed by atoms with Gasteiger partial charge in [0.25, 0.3) is 0 Å². The van der Waals surface area contributed by atoms with E-state index in [1.165, 1.54) is 0 Å². The zero-order valence-corrected chi connectivity index (χ0v) is 11.1. The molecule has 1 aromatic carbocycles. The molecule has 6 heteroatoms. The number of rotatable bonds is 4. The van der Waals surface area contributed by atoms with Gasteiger partial charge in [0.1, 0.15) is 0 Å². The third kappa shape index (κ3) is 3.11. The molecule has 0 saturated heterocycles. The summed E-state index contributed by atoms with van der Waals surface area (Å²) in [5, 5.41) is 10.4. The van der Waals surface area contributed by atoms with E-state index in [1.54, 1.807) is 12.4 Å². The van der Waals surface area contributed by atoms with Crippen LogP contribution in [0.2, 0.25) is 0 Å². The van der Waals surface area contributed by atoms with Crippen molar-refractivity contribution in [3.63, 3.8) is 0 Å². The summed E-state index contributed by atoms with van der Waals surface area (Å²) in [6.45, 7) is 0.379. The van der Waals surface area contributed by atoms with Crippen molar-refractivity contribution in [1.82, 2.24) is 20.5 Å². The van der Waals surface area contributed by atoms with Crippen LogP contribution in [0, 0.1) is 0 Å². The second-order valence-electron chi connectivity index (χ2n) is 4.32. The quantitative estimate of drug-likeness (QED) is 0.791. The van der Waals surface area contributed by atoms with Gasteiger partial charge in [0.2, 0.25) is 5.89 Å². The van der Waals surface area contributed by atoms with E-state index < -0.39 is 5.91 Å². The van der Waals surface area contributed by atoms with Crippen LogP contribution in [0.25, 0.3) is 11.5 Å². The molecule has 0 bridgehead atoms. The number of hydrogen-bond donors (Lipinski definition) is 1. The van der Waals surface area contributed by atoms with Crippen LogP contribution in [0.4, 0.5) is 0 Å². The minimum absolute atomic E-state index is 0.0529. The topological polar surface area (TPSA) is 80.9 Å². The van der Waals surface area contributed by atoms with Crippen molar-refractivity contribution in [3.8, 4) is 11.5 Å². The summed E-state index contributed by atoms with van der Waals surface area (Å²) in [4.78, 5) is 15.9. The van der Waals surface area contributed by atoms with E-state index in [4.69, 9.17) is 4.42 Å². The number of pyridine rings is 1. The van der Waals surface area contributed by atoms with Crippen molar-refractivity contribution < 1.29 is 9.21 Å². The Balaban J connectivity index is 1.67. The maximum Gasteiger partial charge on any atom is 0.309 e. The van der Waals surface area contributed by atoms with Crippen LogP contribution in [0.1, 0.15) is 16.2 Å². The predicted molar refractivity (Wildman–Crippen MR) is 75.1 cm³/mol. The maximum absolute atomic E-state index is 11.9. The van der Waals surface area contributed by atoms with Crippen LogP contribution in [0.5, 0.6) is 0 Å². The first-order chi connectivity index (χ1) is 10.3. The molecule has 0 atom stereocenters. The fraction of sp³-hybridized carbons (Fsp3) is 0.0667. The molecule has 3 aromatic rings. The molecule has 0 aliphatic heterocycles. The monoisotopic (exact) mass is 280 g/mol. The van der Waals surface area contributed by atoms with Crippen molar-refractivity contribution >= 4 is 5.91 Å². The molecule has 0 unspecified atom stereocenters. The van der Waals surface area contributed by atoms with Gasteiger partial charge < -0.3 is 9.73 Å². The highest BCUT2D eigenvalue weighted by atomic mass is 16.4. The summed E-state index contributed by atoms with van der Waals surface area (Å²) in [6, 6.07) is 12.9. The van der Waals surface area contributed by atoms with E-state index in [-0.39, 0.29) is 5.89 Å². The first-order valence-electron chi connectivity index (χ1n) is 6.39. The standard InChI is InChI=1S/C15H12N4O2/c20-13(17-10-11-6-8-16-9-7-11)15-19-18-14(21-15)12-4-2-1-3-5-12/h1-9H,10H2,(H,17,20). The molecule has 2 aromatic heterocycles. The Kier molecular flexibility index (Phi) is 3.68. The first kappa shape index (κ1) is 13.0. The lowest BCUT2D eigenvalue weighted by atomic mass is 10.2. The molecule has 0 fully saturated rings. The smallest absolute Gasteiger partial charge is 0.309 e. The number of carbonyl (C=O) groups is 1. The normalized spacial score (nSPS) is 10.3. The summed E-state index contributed by atoms with van der Waals surface area (Å²) in [6.07, 6.45) is 3.34. The van der Waals surface area contributed by atoms with Gasteiger partial charge in [-0.1, -0.05) is 18.2 Å². The average Bonchev–Trinajstić information content (AvgIpc) is 3.04. The molecule has 1 N–H and O–H groups in total. The lowest BCUT2D eigenvalue weighted by molar-refractivity contribution is 0.0917. The van der Waals surface area contributed by atoms with Crippen LogP contribution in [-0.2, 0) is 6.54 Å². The highest BCUT2D eigenvalue weighted by Crippen LogP contribution is 2.16. The summed E-state index contributed by atoms with van der Waals surface area (Å²) < 4.78 is 5.37.